The van der Waals surface area contributed by atoms with Gasteiger partial charge in [-0.1, -0.05) is 11.6 Å². The van der Waals surface area contributed by atoms with Crippen molar-refractivity contribution >= 4 is 12.0 Å². The number of rotatable bonds is 5. The van der Waals surface area contributed by atoms with E-state index >= 15 is 0 Å². The Bertz CT molecular complexity index is 358. The van der Waals surface area contributed by atoms with Gasteiger partial charge in [-0.25, -0.2) is 9.59 Å². The molecule has 1 N–H and O–H groups in total. The normalized spacial score (nSPS) is 16.2. The number of ether oxygens (including phenoxy) is 2. The average Bonchev–Trinajstić information content (AvgIpc) is 2.44. The lowest BCUT2D eigenvalue weighted by atomic mass is 10.1. The molecule has 1 aliphatic rings. The Morgan fingerprint density at radius 3 is 2.55 bits per heavy atom. The number of hydrogen-bond acceptors (Lipinski definition) is 4. The number of carbonyl (C=O) groups is 2. The first-order valence-corrected chi connectivity index (χ1v) is 6.97. The minimum absolute atomic E-state index is 0.242. The van der Waals surface area contributed by atoms with Crippen LogP contribution in [0.2, 0.25) is 0 Å². The van der Waals surface area contributed by atoms with E-state index in [-0.39, 0.29) is 6.03 Å². The average molecular weight is 284 g/mol. The minimum atomic E-state index is -0.639. The second-order valence-electron chi connectivity index (χ2n) is 4.87. The predicted octanol–water partition coefficient (Wildman–Crippen LogP) is 1.32. The Labute approximate surface area is 120 Å². The Kier molecular flexibility index (Phi) is 7.08. The number of urea groups is 1. The molecule has 2 amide bonds. The molecule has 1 unspecified atom stereocenters. The number of allylic oxidation sites excluding steroid dienone is 1. The van der Waals surface area contributed by atoms with Crippen LogP contribution in [0, 0.1) is 0 Å². The quantitative estimate of drug-likeness (QED) is 0.610. The van der Waals surface area contributed by atoms with Gasteiger partial charge in [0.25, 0.3) is 0 Å². The van der Waals surface area contributed by atoms with Crippen molar-refractivity contribution in [3.8, 4) is 0 Å². The topological polar surface area (TPSA) is 67.9 Å². The Morgan fingerprint density at radius 1 is 1.35 bits per heavy atom. The monoisotopic (exact) mass is 284 g/mol. The lowest BCUT2D eigenvalue weighted by Gasteiger charge is -2.28. The largest absolute Gasteiger partial charge is 0.464 e. The van der Waals surface area contributed by atoms with E-state index in [2.05, 4.69) is 5.32 Å². The molecule has 0 saturated carbocycles. The first kappa shape index (κ1) is 16.5. The van der Waals surface area contributed by atoms with E-state index in [1.54, 1.807) is 11.8 Å². The Hall–Kier alpha value is -1.56. The minimum Gasteiger partial charge on any atom is -0.464 e. The molecule has 1 aliphatic heterocycles. The summed E-state index contributed by atoms with van der Waals surface area (Å²) >= 11 is 0. The number of esters is 1. The second kappa shape index (κ2) is 8.58. The third-order valence-corrected chi connectivity index (χ3v) is 2.93. The second-order valence-corrected chi connectivity index (χ2v) is 4.87. The van der Waals surface area contributed by atoms with Crippen LogP contribution in [0.1, 0.15) is 27.2 Å². The van der Waals surface area contributed by atoms with Crippen molar-refractivity contribution in [1.82, 2.24) is 10.2 Å². The molecule has 1 fully saturated rings. The van der Waals surface area contributed by atoms with Gasteiger partial charge >= 0.3 is 12.0 Å². The van der Waals surface area contributed by atoms with E-state index in [0.29, 0.717) is 39.3 Å². The highest BCUT2D eigenvalue weighted by atomic mass is 16.5. The van der Waals surface area contributed by atoms with Gasteiger partial charge in [0.2, 0.25) is 0 Å². The fraction of sp³-hybridized carbons (Fsp3) is 0.714. The zero-order valence-corrected chi connectivity index (χ0v) is 12.5. The van der Waals surface area contributed by atoms with Gasteiger partial charge in [0.05, 0.1) is 19.8 Å². The molecule has 1 rings (SSSR count). The van der Waals surface area contributed by atoms with Crippen molar-refractivity contribution in [2.45, 2.75) is 33.2 Å². The molecule has 0 spiro atoms. The summed E-state index contributed by atoms with van der Waals surface area (Å²) in [4.78, 5) is 25.6. The molecule has 0 aliphatic carbocycles. The summed E-state index contributed by atoms with van der Waals surface area (Å²) in [6.45, 7) is 8.11. The zero-order valence-electron chi connectivity index (χ0n) is 12.5. The van der Waals surface area contributed by atoms with E-state index in [1.807, 2.05) is 19.9 Å². The molecule has 114 valence electrons. The summed E-state index contributed by atoms with van der Waals surface area (Å²) in [5.74, 6) is -0.397. The first-order valence-electron chi connectivity index (χ1n) is 6.97. The summed E-state index contributed by atoms with van der Waals surface area (Å²) < 4.78 is 10.2. The standard InChI is InChI=1S/C14H24N2O4/c1-4-20-13(17)12(6-5-11(2)3)15-14(18)16-7-9-19-10-8-16/h5,12H,4,6-10H2,1-3H3,(H,15,18). The molecule has 0 aromatic heterocycles. The van der Waals surface area contributed by atoms with E-state index in [1.165, 1.54) is 0 Å². The van der Waals surface area contributed by atoms with Crippen LogP contribution < -0.4 is 5.32 Å². The summed E-state index contributed by atoms with van der Waals surface area (Å²) in [7, 11) is 0. The van der Waals surface area contributed by atoms with Crippen molar-refractivity contribution in [3.63, 3.8) is 0 Å². The number of carbonyl (C=O) groups excluding carboxylic acids is 2. The first-order chi connectivity index (χ1) is 9.54. The van der Waals surface area contributed by atoms with E-state index < -0.39 is 12.0 Å². The summed E-state index contributed by atoms with van der Waals surface area (Å²) in [6.07, 6.45) is 2.36. The molecule has 6 nitrogen and oxygen atoms in total. The molecule has 0 bridgehead atoms. The van der Waals surface area contributed by atoms with Gasteiger partial charge in [-0.05, 0) is 27.2 Å². The van der Waals surface area contributed by atoms with Crippen molar-refractivity contribution < 1.29 is 19.1 Å². The van der Waals surface area contributed by atoms with Crippen molar-refractivity contribution in [3.05, 3.63) is 11.6 Å². The zero-order chi connectivity index (χ0) is 15.0. The van der Waals surface area contributed by atoms with Crippen molar-refractivity contribution in [1.29, 1.82) is 0 Å². The number of morpholine rings is 1. The van der Waals surface area contributed by atoms with E-state index in [4.69, 9.17) is 9.47 Å². The molecule has 1 saturated heterocycles. The number of hydrogen-bond donors (Lipinski definition) is 1. The molecule has 20 heavy (non-hydrogen) atoms. The third-order valence-electron chi connectivity index (χ3n) is 2.93. The maximum atomic E-state index is 12.1. The lowest BCUT2D eigenvalue weighted by Crippen LogP contribution is -2.51. The van der Waals surface area contributed by atoms with Gasteiger partial charge in [-0.15, -0.1) is 0 Å². The smallest absolute Gasteiger partial charge is 0.329 e. The maximum Gasteiger partial charge on any atom is 0.329 e. The highest BCUT2D eigenvalue weighted by Gasteiger charge is 2.24. The van der Waals surface area contributed by atoms with Crippen LogP contribution in [0.4, 0.5) is 4.79 Å². The Balaban J connectivity index is 2.59. The van der Waals surface area contributed by atoms with Crippen LogP contribution in [0.3, 0.4) is 0 Å². The van der Waals surface area contributed by atoms with Crippen LogP contribution in [0.25, 0.3) is 0 Å². The van der Waals surface area contributed by atoms with Crippen LogP contribution in [0.5, 0.6) is 0 Å². The van der Waals surface area contributed by atoms with Crippen LogP contribution in [0.15, 0.2) is 11.6 Å². The van der Waals surface area contributed by atoms with Gasteiger partial charge < -0.3 is 19.7 Å². The molecule has 1 heterocycles. The highest BCUT2D eigenvalue weighted by molar-refractivity contribution is 5.83. The fourth-order valence-corrected chi connectivity index (χ4v) is 1.82. The highest BCUT2D eigenvalue weighted by Crippen LogP contribution is 2.04. The molecular formula is C14H24N2O4. The fourth-order valence-electron chi connectivity index (χ4n) is 1.82. The maximum absolute atomic E-state index is 12.1. The van der Waals surface area contributed by atoms with E-state index in [9.17, 15) is 9.59 Å². The van der Waals surface area contributed by atoms with Crippen molar-refractivity contribution in [2.24, 2.45) is 0 Å². The summed E-state index contributed by atoms with van der Waals surface area (Å²) in [6, 6.07) is -0.881. The van der Waals surface area contributed by atoms with Gasteiger partial charge in [0.1, 0.15) is 6.04 Å². The van der Waals surface area contributed by atoms with Crippen molar-refractivity contribution in [2.75, 3.05) is 32.9 Å². The van der Waals surface area contributed by atoms with Crippen LogP contribution >= 0.6 is 0 Å². The molecule has 1 atom stereocenters. The molecule has 6 heteroatoms. The SMILES string of the molecule is CCOC(=O)C(CC=C(C)C)NC(=O)N1CCOCC1. The van der Waals surface area contributed by atoms with Gasteiger partial charge in [-0.3, -0.25) is 0 Å². The third kappa shape index (κ3) is 5.61. The lowest BCUT2D eigenvalue weighted by molar-refractivity contribution is -0.145. The number of amides is 2. The molecule has 0 aromatic carbocycles. The molecular weight excluding hydrogens is 260 g/mol. The number of nitrogens with zero attached hydrogens (tertiary/aromatic N) is 1. The van der Waals surface area contributed by atoms with Crippen LogP contribution in [-0.4, -0.2) is 55.9 Å². The molecule has 0 radical (unpaired) electrons. The summed E-state index contributed by atoms with van der Waals surface area (Å²) in [5.41, 5.74) is 1.10. The predicted molar refractivity (Wildman–Crippen MR) is 75.4 cm³/mol. The van der Waals surface area contributed by atoms with Gasteiger partial charge in [0, 0.05) is 13.1 Å². The number of nitrogens with one attached hydrogen (secondary N) is 1. The Morgan fingerprint density at radius 2 is 2.00 bits per heavy atom. The van der Waals surface area contributed by atoms with Gasteiger partial charge in [-0.2, -0.15) is 0 Å². The molecule has 0 aromatic rings. The van der Waals surface area contributed by atoms with Gasteiger partial charge in [0.15, 0.2) is 0 Å². The van der Waals surface area contributed by atoms with Crippen LogP contribution in [-0.2, 0) is 14.3 Å². The van der Waals surface area contributed by atoms with E-state index in [0.717, 1.165) is 5.57 Å². The summed E-state index contributed by atoms with van der Waals surface area (Å²) in [5, 5.41) is 2.74.